The molecule has 3 aromatic carbocycles. The number of hydrogen-bond donors (Lipinski definition) is 0. The number of aryl methyl sites for hydroxylation is 2. The highest BCUT2D eigenvalue weighted by Gasteiger charge is 2.20. The molecule has 0 unspecified atom stereocenters. The van der Waals surface area contributed by atoms with Gasteiger partial charge in [0.1, 0.15) is 5.58 Å². The average molecular weight is 419 g/mol. The highest BCUT2D eigenvalue weighted by molar-refractivity contribution is 6.32. The van der Waals surface area contributed by atoms with Crippen molar-refractivity contribution in [3.05, 3.63) is 98.7 Å². The molecule has 4 rings (SSSR count). The average Bonchev–Trinajstić information content (AvgIpc) is 2.75. The molecule has 5 heteroatoms. The van der Waals surface area contributed by atoms with Crippen LogP contribution in [-0.4, -0.2) is 12.4 Å². The molecule has 0 aliphatic heterocycles. The van der Waals surface area contributed by atoms with Gasteiger partial charge in [-0.3, -0.25) is 9.59 Å². The molecule has 0 spiro atoms. The fourth-order valence-electron chi connectivity index (χ4n) is 3.17. The molecule has 0 amide bonds. The predicted molar refractivity (Wildman–Crippen MR) is 119 cm³/mol. The second-order valence-electron chi connectivity index (χ2n) is 7.13. The smallest absolute Gasteiger partial charge is 0.235 e. The Bertz CT molecular complexity index is 1290. The van der Waals surface area contributed by atoms with E-state index in [1.807, 2.05) is 44.2 Å². The second-order valence-corrected chi connectivity index (χ2v) is 7.54. The van der Waals surface area contributed by atoms with Crippen LogP contribution in [0.15, 0.2) is 75.9 Å². The lowest BCUT2D eigenvalue weighted by atomic mass is 10.1. The van der Waals surface area contributed by atoms with Gasteiger partial charge in [0.25, 0.3) is 0 Å². The van der Waals surface area contributed by atoms with Gasteiger partial charge in [-0.2, -0.15) is 0 Å². The van der Waals surface area contributed by atoms with Crippen LogP contribution in [0.5, 0.6) is 5.75 Å². The van der Waals surface area contributed by atoms with E-state index in [9.17, 15) is 9.59 Å². The van der Waals surface area contributed by atoms with E-state index in [0.29, 0.717) is 27.1 Å². The number of ketones is 1. The predicted octanol–water partition coefficient (Wildman–Crippen LogP) is 5.99. The summed E-state index contributed by atoms with van der Waals surface area (Å²) >= 11 is 6.22. The first-order chi connectivity index (χ1) is 14.4. The lowest BCUT2D eigenvalue weighted by Crippen LogP contribution is -2.17. The van der Waals surface area contributed by atoms with Gasteiger partial charge in [-0.1, -0.05) is 71.8 Å². The van der Waals surface area contributed by atoms with Crippen molar-refractivity contribution >= 4 is 28.4 Å². The van der Waals surface area contributed by atoms with Gasteiger partial charge in [0.2, 0.25) is 11.2 Å². The van der Waals surface area contributed by atoms with E-state index >= 15 is 0 Å². The summed E-state index contributed by atoms with van der Waals surface area (Å²) in [6, 6.07) is 19.7. The van der Waals surface area contributed by atoms with E-state index < -0.39 is 0 Å². The highest BCUT2D eigenvalue weighted by Crippen LogP contribution is 2.33. The fourth-order valence-corrected chi connectivity index (χ4v) is 3.33. The molecular weight excluding hydrogens is 400 g/mol. The van der Waals surface area contributed by atoms with Crippen LogP contribution >= 0.6 is 11.6 Å². The largest absolute Gasteiger partial charge is 0.478 e. The summed E-state index contributed by atoms with van der Waals surface area (Å²) in [6.07, 6.45) is 0. The molecule has 0 aliphatic rings. The minimum atomic E-state index is -0.366. The number of rotatable bonds is 5. The number of ether oxygens (including phenoxy) is 1. The topological polar surface area (TPSA) is 56.5 Å². The molecule has 0 N–H and O–H groups in total. The molecule has 4 nitrogen and oxygen atoms in total. The fraction of sp³-hybridized carbons (Fsp3) is 0.120. The molecule has 0 fully saturated rings. The summed E-state index contributed by atoms with van der Waals surface area (Å²) in [4.78, 5) is 25.8. The molecule has 0 aliphatic carbocycles. The number of carbonyl (C=O) groups is 1. The molecule has 0 saturated heterocycles. The Morgan fingerprint density at radius 3 is 2.40 bits per heavy atom. The van der Waals surface area contributed by atoms with Crippen LogP contribution in [0.4, 0.5) is 0 Å². The zero-order valence-corrected chi connectivity index (χ0v) is 17.3. The maximum atomic E-state index is 13.2. The first-order valence-electron chi connectivity index (χ1n) is 9.49. The molecule has 0 atom stereocenters. The Labute approximate surface area is 178 Å². The first kappa shape index (κ1) is 19.9. The monoisotopic (exact) mass is 418 g/mol. The molecule has 0 bridgehead atoms. The third kappa shape index (κ3) is 3.87. The lowest BCUT2D eigenvalue weighted by Gasteiger charge is -2.12. The van der Waals surface area contributed by atoms with E-state index in [1.54, 1.807) is 36.4 Å². The summed E-state index contributed by atoms with van der Waals surface area (Å²) in [5, 5.41) is 0.771. The Kier molecular flexibility index (Phi) is 5.42. The van der Waals surface area contributed by atoms with Gasteiger partial charge in [-0.25, -0.2) is 0 Å². The van der Waals surface area contributed by atoms with Crippen molar-refractivity contribution in [1.82, 2.24) is 0 Å². The zero-order chi connectivity index (χ0) is 21.3. The van der Waals surface area contributed by atoms with Crippen LogP contribution in [0.25, 0.3) is 22.3 Å². The van der Waals surface area contributed by atoms with Crippen molar-refractivity contribution in [3.63, 3.8) is 0 Å². The molecule has 1 heterocycles. The minimum absolute atomic E-state index is 0.00412. The van der Waals surface area contributed by atoms with E-state index in [4.69, 9.17) is 20.8 Å². The molecule has 0 radical (unpaired) electrons. The summed E-state index contributed by atoms with van der Waals surface area (Å²) in [5.74, 6) is 0.0533. The molecule has 150 valence electrons. The van der Waals surface area contributed by atoms with Crippen molar-refractivity contribution in [3.8, 4) is 17.1 Å². The van der Waals surface area contributed by atoms with Gasteiger partial charge in [-0.15, -0.1) is 0 Å². The number of hydrogen-bond acceptors (Lipinski definition) is 4. The van der Waals surface area contributed by atoms with Gasteiger partial charge in [-0.05, 0) is 31.5 Å². The van der Waals surface area contributed by atoms with Gasteiger partial charge < -0.3 is 9.15 Å². The normalized spacial score (nSPS) is 10.9. The Hall–Kier alpha value is -3.37. The Balaban J connectivity index is 1.83. The number of benzene rings is 3. The van der Waals surface area contributed by atoms with Gasteiger partial charge in [0.15, 0.2) is 18.2 Å². The zero-order valence-electron chi connectivity index (χ0n) is 16.6. The van der Waals surface area contributed by atoms with Crippen LogP contribution < -0.4 is 10.2 Å². The van der Waals surface area contributed by atoms with Crippen molar-refractivity contribution < 1.29 is 13.9 Å². The maximum absolute atomic E-state index is 13.2. The summed E-state index contributed by atoms with van der Waals surface area (Å²) in [5.41, 5.74) is 3.13. The van der Waals surface area contributed by atoms with E-state index in [-0.39, 0.29) is 29.3 Å². The quantitative estimate of drug-likeness (QED) is 0.373. The van der Waals surface area contributed by atoms with Gasteiger partial charge >= 0.3 is 0 Å². The van der Waals surface area contributed by atoms with E-state index in [1.165, 1.54) is 0 Å². The summed E-state index contributed by atoms with van der Waals surface area (Å²) in [6.45, 7) is 3.54. The van der Waals surface area contributed by atoms with Crippen LogP contribution in [0.3, 0.4) is 0 Å². The third-order valence-corrected chi connectivity index (χ3v) is 5.29. The van der Waals surface area contributed by atoms with E-state index in [2.05, 4.69) is 0 Å². The number of Topliss-reactive ketones (excluding diaryl/α,β-unsaturated/α-hetero) is 1. The molecule has 1 aromatic heterocycles. The minimum Gasteiger partial charge on any atom is -0.478 e. The molecular formula is C25H19ClO4. The van der Waals surface area contributed by atoms with Crippen molar-refractivity contribution in [2.24, 2.45) is 0 Å². The van der Waals surface area contributed by atoms with Crippen molar-refractivity contribution in [1.29, 1.82) is 0 Å². The standard InChI is InChI=1S/C25H19ClO4/c1-15-8-10-18(11-9-15)24-25(29-14-21(27)17-6-4-3-5-7-17)23(28)19-13-20(26)16(2)12-22(19)30-24/h3-13H,14H2,1-2H3. The second kappa shape index (κ2) is 8.17. The summed E-state index contributed by atoms with van der Waals surface area (Å²) in [7, 11) is 0. The molecule has 0 saturated carbocycles. The van der Waals surface area contributed by atoms with Crippen molar-refractivity contribution in [2.45, 2.75) is 13.8 Å². The van der Waals surface area contributed by atoms with Crippen LogP contribution in [0.1, 0.15) is 21.5 Å². The van der Waals surface area contributed by atoms with Gasteiger partial charge in [0, 0.05) is 16.1 Å². The number of halogens is 1. The van der Waals surface area contributed by atoms with E-state index in [0.717, 1.165) is 11.1 Å². The molecule has 30 heavy (non-hydrogen) atoms. The van der Waals surface area contributed by atoms with Crippen molar-refractivity contribution in [2.75, 3.05) is 6.61 Å². The first-order valence-corrected chi connectivity index (χ1v) is 9.87. The third-order valence-electron chi connectivity index (χ3n) is 4.89. The lowest BCUT2D eigenvalue weighted by molar-refractivity contribution is 0.0920. The Morgan fingerprint density at radius 2 is 1.70 bits per heavy atom. The van der Waals surface area contributed by atoms with Crippen LogP contribution in [0, 0.1) is 13.8 Å². The SMILES string of the molecule is Cc1ccc(-c2oc3cc(C)c(Cl)cc3c(=O)c2OCC(=O)c2ccccc2)cc1. The number of fused-ring (bicyclic) bond motifs is 1. The Morgan fingerprint density at radius 1 is 1.00 bits per heavy atom. The van der Waals surface area contributed by atoms with Gasteiger partial charge in [0.05, 0.1) is 5.39 Å². The highest BCUT2D eigenvalue weighted by atomic mass is 35.5. The molecule has 4 aromatic rings. The van der Waals surface area contributed by atoms with Crippen LogP contribution in [0.2, 0.25) is 5.02 Å². The summed E-state index contributed by atoms with van der Waals surface area (Å²) < 4.78 is 11.8. The van der Waals surface area contributed by atoms with Crippen LogP contribution in [-0.2, 0) is 0 Å². The number of carbonyl (C=O) groups excluding carboxylic acids is 1. The maximum Gasteiger partial charge on any atom is 0.235 e.